The van der Waals surface area contributed by atoms with Crippen molar-refractivity contribution in [1.29, 1.82) is 0 Å². The molecule has 0 aliphatic carbocycles. The zero-order valence-electron chi connectivity index (χ0n) is 11.8. The summed E-state index contributed by atoms with van der Waals surface area (Å²) in [6.07, 6.45) is -0.853. The number of aliphatic hydroxyl groups is 1. The molecule has 0 amide bonds. The molecular formula is C16H17NO3. The molecule has 0 spiro atoms. The molecule has 0 aliphatic rings. The van der Waals surface area contributed by atoms with E-state index in [4.69, 9.17) is 0 Å². The first-order valence-corrected chi connectivity index (χ1v) is 6.40. The van der Waals surface area contributed by atoms with Crippen LogP contribution in [0.4, 0.5) is 5.69 Å². The van der Waals surface area contributed by atoms with Gasteiger partial charge in [-0.1, -0.05) is 30.3 Å². The highest BCUT2D eigenvalue weighted by molar-refractivity contribution is 5.45. The van der Waals surface area contributed by atoms with E-state index < -0.39 is 11.0 Å². The van der Waals surface area contributed by atoms with Crippen molar-refractivity contribution in [1.82, 2.24) is 0 Å². The number of rotatable bonds is 3. The summed E-state index contributed by atoms with van der Waals surface area (Å²) in [7, 11) is 0. The third-order valence-corrected chi connectivity index (χ3v) is 3.59. The van der Waals surface area contributed by atoms with Crippen LogP contribution in [-0.4, -0.2) is 10.0 Å². The zero-order valence-corrected chi connectivity index (χ0v) is 11.8. The Bertz CT molecular complexity index is 665. The molecule has 2 aromatic carbocycles. The number of benzene rings is 2. The number of nitro groups is 1. The highest BCUT2D eigenvalue weighted by atomic mass is 16.6. The van der Waals surface area contributed by atoms with Gasteiger partial charge >= 0.3 is 0 Å². The van der Waals surface area contributed by atoms with Gasteiger partial charge in [0, 0.05) is 11.6 Å². The molecule has 0 heterocycles. The van der Waals surface area contributed by atoms with Crippen LogP contribution >= 0.6 is 0 Å². The average molecular weight is 271 g/mol. The van der Waals surface area contributed by atoms with E-state index in [0.717, 1.165) is 16.7 Å². The van der Waals surface area contributed by atoms with Crippen molar-refractivity contribution < 1.29 is 10.0 Å². The molecule has 0 unspecified atom stereocenters. The van der Waals surface area contributed by atoms with E-state index >= 15 is 0 Å². The number of hydrogen-bond donors (Lipinski definition) is 1. The highest BCUT2D eigenvalue weighted by Gasteiger charge is 2.17. The van der Waals surface area contributed by atoms with Crippen LogP contribution < -0.4 is 0 Å². The van der Waals surface area contributed by atoms with Gasteiger partial charge < -0.3 is 5.11 Å². The Labute approximate surface area is 117 Å². The monoisotopic (exact) mass is 271 g/mol. The van der Waals surface area contributed by atoms with Gasteiger partial charge in [-0.2, -0.15) is 0 Å². The van der Waals surface area contributed by atoms with Crippen LogP contribution in [0.25, 0.3) is 0 Å². The lowest BCUT2D eigenvalue weighted by molar-refractivity contribution is -0.385. The Morgan fingerprint density at radius 2 is 1.50 bits per heavy atom. The minimum absolute atomic E-state index is 0.0328. The molecule has 104 valence electrons. The van der Waals surface area contributed by atoms with E-state index in [0.29, 0.717) is 11.1 Å². The van der Waals surface area contributed by atoms with Gasteiger partial charge in [0.1, 0.15) is 6.10 Å². The van der Waals surface area contributed by atoms with Crippen LogP contribution in [-0.2, 0) is 0 Å². The van der Waals surface area contributed by atoms with E-state index in [1.165, 1.54) is 6.07 Å². The van der Waals surface area contributed by atoms with Crippen LogP contribution in [0.1, 0.15) is 33.9 Å². The van der Waals surface area contributed by atoms with E-state index in [9.17, 15) is 15.2 Å². The second-order valence-electron chi connectivity index (χ2n) is 5.05. The Hall–Kier alpha value is -2.20. The maximum atomic E-state index is 11.0. The smallest absolute Gasteiger partial charge is 0.272 e. The number of nitro benzene ring substituents is 1. The van der Waals surface area contributed by atoms with Gasteiger partial charge in [-0.3, -0.25) is 10.1 Å². The van der Waals surface area contributed by atoms with Crippen molar-refractivity contribution in [3.63, 3.8) is 0 Å². The molecule has 0 aliphatic heterocycles. The molecule has 0 radical (unpaired) electrons. The number of hydrogen-bond acceptors (Lipinski definition) is 3. The second kappa shape index (κ2) is 5.43. The van der Waals surface area contributed by atoms with E-state index in [1.54, 1.807) is 19.1 Å². The number of aliphatic hydroxyl groups excluding tert-OH is 1. The third kappa shape index (κ3) is 2.70. The fraction of sp³-hybridized carbons (Fsp3) is 0.250. The van der Waals surface area contributed by atoms with Gasteiger partial charge in [0.2, 0.25) is 0 Å². The van der Waals surface area contributed by atoms with Crippen molar-refractivity contribution in [2.45, 2.75) is 26.9 Å². The Kier molecular flexibility index (Phi) is 3.86. The van der Waals surface area contributed by atoms with Crippen LogP contribution in [0.5, 0.6) is 0 Å². The summed E-state index contributed by atoms with van der Waals surface area (Å²) in [6.45, 7) is 5.66. The fourth-order valence-electron chi connectivity index (χ4n) is 2.12. The zero-order chi connectivity index (χ0) is 14.9. The lowest BCUT2D eigenvalue weighted by Gasteiger charge is -2.13. The number of aryl methyl sites for hydroxylation is 3. The molecule has 0 bridgehead atoms. The van der Waals surface area contributed by atoms with Gasteiger partial charge in [-0.25, -0.2) is 0 Å². The van der Waals surface area contributed by atoms with E-state index in [1.807, 2.05) is 32.0 Å². The van der Waals surface area contributed by atoms with E-state index in [2.05, 4.69) is 0 Å². The van der Waals surface area contributed by atoms with Crippen molar-refractivity contribution in [2.75, 3.05) is 0 Å². The first-order valence-electron chi connectivity index (χ1n) is 6.40. The molecule has 4 heteroatoms. The minimum Gasteiger partial charge on any atom is -0.384 e. The summed E-state index contributed by atoms with van der Waals surface area (Å²) >= 11 is 0. The van der Waals surface area contributed by atoms with Crippen molar-refractivity contribution >= 4 is 5.69 Å². The molecule has 20 heavy (non-hydrogen) atoms. The second-order valence-corrected chi connectivity index (χ2v) is 5.05. The molecule has 1 atom stereocenters. The predicted octanol–water partition coefficient (Wildman–Crippen LogP) is 3.60. The molecular weight excluding hydrogens is 254 g/mol. The molecule has 2 rings (SSSR count). The summed E-state index contributed by atoms with van der Waals surface area (Å²) < 4.78 is 0. The largest absolute Gasteiger partial charge is 0.384 e. The standard InChI is InChI=1S/C16H17NO3/c1-10-4-6-13(8-12(10)3)16(18)14-7-5-11(2)15(9-14)17(19)20/h4-9,16,18H,1-3H3/t16-/m1/s1. The predicted molar refractivity (Wildman–Crippen MR) is 77.8 cm³/mol. The van der Waals surface area contributed by atoms with Gasteiger partial charge in [0.05, 0.1) is 4.92 Å². The van der Waals surface area contributed by atoms with Gasteiger partial charge in [0.15, 0.2) is 0 Å². The number of nitrogens with zero attached hydrogens (tertiary/aromatic N) is 1. The summed E-state index contributed by atoms with van der Waals surface area (Å²) in [5, 5.41) is 21.3. The van der Waals surface area contributed by atoms with Gasteiger partial charge in [-0.05, 0) is 43.0 Å². The van der Waals surface area contributed by atoms with Crippen molar-refractivity contribution in [2.24, 2.45) is 0 Å². The van der Waals surface area contributed by atoms with Crippen molar-refractivity contribution in [3.8, 4) is 0 Å². The minimum atomic E-state index is -0.853. The first-order chi connectivity index (χ1) is 9.40. The first kappa shape index (κ1) is 14.2. The summed E-state index contributed by atoms with van der Waals surface area (Å²) in [5.41, 5.74) is 4.13. The normalized spacial score (nSPS) is 12.2. The molecule has 2 aromatic rings. The maximum Gasteiger partial charge on any atom is 0.272 e. The molecule has 0 aromatic heterocycles. The van der Waals surface area contributed by atoms with Crippen LogP contribution in [0.2, 0.25) is 0 Å². The van der Waals surface area contributed by atoms with E-state index in [-0.39, 0.29) is 5.69 Å². The molecule has 0 saturated carbocycles. The average Bonchev–Trinajstić information content (AvgIpc) is 2.41. The van der Waals surface area contributed by atoms with Gasteiger partial charge in [0.25, 0.3) is 5.69 Å². The lowest BCUT2D eigenvalue weighted by Crippen LogP contribution is -2.02. The quantitative estimate of drug-likeness (QED) is 0.685. The SMILES string of the molecule is Cc1ccc([C@@H](O)c2ccc(C)c([N+](=O)[O-])c2)cc1C. The summed E-state index contributed by atoms with van der Waals surface area (Å²) in [5.74, 6) is 0. The fourth-order valence-corrected chi connectivity index (χ4v) is 2.12. The highest BCUT2D eigenvalue weighted by Crippen LogP contribution is 2.28. The Morgan fingerprint density at radius 1 is 0.950 bits per heavy atom. The summed E-state index contributed by atoms with van der Waals surface area (Å²) in [4.78, 5) is 10.5. The summed E-state index contributed by atoms with van der Waals surface area (Å²) in [6, 6.07) is 10.5. The molecule has 1 N–H and O–H groups in total. The maximum absolute atomic E-state index is 11.0. The Morgan fingerprint density at radius 3 is 2.05 bits per heavy atom. The van der Waals surface area contributed by atoms with Crippen LogP contribution in [0.15, 0.2) is 36.4 Å². The van der Waals surface area contributed by atoms with Crippen molar-refractivity contribution in [3.05, 3.63) is 74.3 Å². The van der Waals surface area contributed by atoms with Gasteiger partial charge in [-0.15, -0.1) is 0 Å². The van der Waals surface area contributed by atoms with Crippen LogP contribution in [0.3, 0.4) is 0 Å². The molecule has 0 saturated heterocycles. The molecule has 4 nitrogen and oxygen atoms in total. The van der Waals surface area contributed by atoms with Crippen LogP contribution in [0, 0.1) is 30.9 Å². The molecule has 0 fully saturated rings. The topological polar surface area (TPSA) is 63.4 Å². The lowest BCUT2D eigenvalue weighted by atomic mass is 9.97. The third-order valence-electron chi connectivity index (χ3n) is 3.59. The Balaban J connectivity index is 2.42.